The second-order valence-corrected chi connectivity index (χ2v) is 6.32. The molecule has 1 aliphatic rings. The fourth-order valence-electron chi connectivity index (χ4n) is 3.33. The van der Waals surface area contributed by atoms with Gasteiger partial charge in [0.05, 0.1) is 25.0 Å². The zero-order valence-corrected chi connectivity index (χ0v) is 15.8. The van der Waals surface area contributed by atoms with Crippen molar-refractivity contribution in [2.24, 2.45) is 0 Å². The number of anilines is 2. The number of methoxy groups -OCH3 is 1. The number of benzene rings is 2. The van der Waals surface area contributed by atoms with Gasteiger partial charge >= 0.3 is 0 Å². The quantitative estimate of drug-likeness (QED) is 0.697. The molecular weight excluding hydrogens is 354 g/mol. The van der Waals surface area contributed by atoms with E-state index < -0.39 is 6.17 Å². The van der Waals surface area contributed by atoms with Gasteiger partial charge in [-0.25, -0.2) is 0 Å². The fraction of sp³-hybridized carbons (Fsp3) is 0.182. The molecular formula is C22H21N3O3. The molecule has 0 saturated heterocycles. The summed E-state index contributed by atoms with van der Waals surface area (Å²) in [4.78, 5) is 19.3. The van der Waals surface area contributed by atoms with Gasteiger partial charge in [-0.1, -0.05) is 6.07 Å². The number of carbonyl (C=O) groups is 1. The van der Waals surface area contributed by atoms with Crippen LogP contribution in [-0.4, -0.2) is 24.6 Å². The van der Waals surface area contributed by atoms with E-state index in [9.17, 15) is 4.79 Å². The highest BCUT2D eigenvalue weighted by atomic mass is 16.5. The number of carbonyl (C=O) groups excluding carboxylic acids is 1. The first kappa shape index (κ1) is 17.9. The maximum absolute atomic E-state index is 13.1. The second-order valence-electron chi connectivity index (χ2n) is 6.32. The zero-order chi connectivity index (χ0) is 19.5. The minimum Gasteiger partial charge on any atom is -0.497 e. The number of hydrogen-bond acceptors (Lipinski definition) is 5. The van der Waals surface area contributed by atoms with Crippen LogP contribution in [0.5, 0.6) is 11.5 Å². The van der Waals surface area contributed by atoms with Crippen molar-refractivity contribution in [3.63, 3.8) is 0 Å². The van der Waals surface area contributed by atoms with E-state index in [-0.39, 0.29) is 5.91 Å². The first-order valence-corrected chi connectivity index (χ1v) is 9.13. The van der Waals surface area contributed by atoms with Crippen LogP contribution < -0.4 is 19.7 Å². The molecule has 1 N–H and O–H groups in total. The summed E-state index contributed by atoms with van der Waals surface area (Å²) in [5.74, 6) is 1.42. The van der Waals surface area contributed by atoms with E-state index in [1.807, 2.05) is 55.5 Å². The molecule has 2 heterocycles. The number of hydrogen-bond donors (Lipinski definition) is 1. The average Bonchev–Trinajstić information content (AvgIpc) is 3.01. The molecule has 0 saturated carbocycles. The van der Waals surface area contributed by atoms with Crippen LogP contribution in [0.2, 0.25) is 0 Å². The molecule has 0 radical (unpaired) electrons. The topological polar surface area (TPSA) is 63.7 Å². The van der Waals surface area contributed by atoms with Crippen molar-refractivity contribution in [1.29, 1.82) is 0 Å². The van der Waals surface area contributed by atoms with Crippen molar-refractivity contribution in [2.75, 3.05) is 23.9 Å². The molecule has 1 atom stereocenters. The smallest absolute Gasteiger partial charge is 0.262 e. The Morgan fingerprint density at radius 2 is 1.89 bits per heavy atom. The first-order chi connectivity index (χ1) is 13.7. The standard InChI is InChI=1S/C22H21N3O3/c1-3-28-17-11-9-16(10-12-17)25-21(20-19(22(25)26)8-5-13-23-20)24-15-6-4-7-18(14-15)27-2/h4-14,21,24H,3H2,1-2H3. The van der Waals surface area contributed by atoms with Crippen LogP contribution in [0.3, 0.4) is 0 Å². The number of amides is 1. The van der Waals surface area contributed by atoms with E-state index >= 15 is 0 Å². The van der Waals surface area contributed by atoms with Gasteiger partial charge in [-0.05, 0) is 55.5 Å². The Morgan fingerprint density at radius 3 is 2.64 bits per heavy atom. The number of ether oxygens (including phenoxy) is 2. The summed E-state index contributed by atoms with van der Waals surface area (Å²) < 4.78 is 10.8. The highest BCUT2D eigenvalue weighted by Gasteiger charge is 2.39. The second kappa shape index (κ2) is 7.60. The molecule has 0 fully saturated rings. The molecule has 6 nitrogen and oxygen atoms in total. The SMILES string of the molecule is CCOc1ccc(N2C(=O)c3cccnc3C2Nc2cccc(OC)c2)cc1. The minimum absolute atomic E-state index is 0.0901. The average molecular weight is 375 g/mol. The van der Waals surface area contributed by atoms with E-state index in [1.165, 1.54) is 0 Å². The Kier molecular flexibility index (Phi) is 4.85. The van der Waals surface area contributed by atoms with Crippen LogP contribution in [0.1, 0.15) is 29.1 Å². The number of rotatable bonds is 6. The molecule has 1 amide bonds. The van der Waals surface area contributed by atoms with Crippen molar-refractivity contribution in [3.05, 3.63) is 78.1 Å². The van der Waals surface area contributed by atoms with Crippen LogP contribution in [0, 0.1) is 0 Å². The maximum Gasteiger partial charge on any atom is 0.262 e. The van der Waals surface area contributed by atoms with Gasteiger partial charge in [0, 0.05) is 23.6 Å². The fourth-order valence-corrected chi connectivity index (χ4v) is 3.33. The minimum atomic E-state index is -0.422. The largest absolute Gasteiger partial charge is 0.497 e. The van der Waals surface area contributed by atoms with Gasteiger partial charge in [0.25, 0.3) is 5.91 Å². The van der Waals surface area contributed by atoms with Crippen molar-refractivity contribution in [2.45, 2.75) is 13.1 Å². The molecule has 2 aromatic carbocycles. The molecule has 1 aliphatic heterocycles. The molecule has 1 aromatic heterocycles. The van der Waals surface area contributed by atoms with Gasteiger partial charge in [0.15, 0.2) is 6.17 Å². The van der Waals surface area contributed by atoms with Crippen molar-refractivity contribution < 1.29 is 14.3 Å². The summed E-state index contributed by atoms with van der Waals surface area (Å²) in [6.07, 6.45) is 1.28. The highest BCUT2D eigenvalue weighted by Crippen LogP contribution is 2.37. The normalized spacial score (nSPS) is 15.3. The molecule has 142 valence electrons. The van der Waals surface area contributed by atoms with Crippen molar-refractivity contribution >= 4 is 17.3 Å². The molecule has 0 bridgehead atoms. The molecule has 28 heavy (non-hydrogen) atoms. The van der Waals surface area contributed by atoms with Crippen molar-refractivity contribution in [3.8, 4) is 11.5 Å². The predicted octanol–water partition coefficient (Wildman–Crippen LogP) is 4.26. The van der Waals surface area contributed by atoms with E-state index in [1.54, 1.807) is 30.3 Å². The molecule has 1 unspecified atom stereocenters. The van der Waals surface area contributed by atoms with Gasteiger partial charge in [-0.15, -0.1) is 0 Å². The third-order valence-electron chi connectivity index (χ3n) is 4.60. The summed E-state index contributed by atoms with van der Waals surface area (Å²) in [7, 11) is 1.63. The van der Waals surface area contributed by atoms with Gasteiger partial charge in [-0.2, -0.15) is 0 Å². The Hall–Kier alpha value is -3.54. The third-order valence-corrected chi connectivity index (χ3v) is 4.60. The summed E-state index contributed by atoms with van der Waals surface area (Å²) in [6, 6.07) is 18.7. The van der Waals surface area contributed by atoms with Crippen LogP contribution in [-0.2, 0) is 0 Å². The lowest BCUT2D eigenvalue weighted by molar-refractivity contribution is 0.0993. The third kappa shape index (κ3) is 3.24. The number of aromatic nitrogens is 1. The maximum atomic E-state index is 13.1. The highest BCUT2D eigenvalue weighted by molar-refractivity contribution is 6.11. The monoisotopic (exact) mass is 375 g/mol. The van der Waals surface area contributed by atoms with Crippen LogP contribution >= 0.6 is 0 Å². The predicted molar refractivity (Wildman–Crippen MR) is 108 cm³/mol. The molecule has 3 aromatic rings. The number of pyridine rings is 1. The number of nitrogens with one attached hydrogen (secondary N) is 1. The molecule has 6 heteroatoms. The number of fused-ring (bicyclic) bond motifs is 1. The van der Waals surface area contributed by atoms with Gasteiger partial charge < -0.3 is 14.8 Å². The van der Waals surface area contributed by atoms with Gasteiger partial charge in [-0.3, -0.25) is 14.7 Å². The molecule has 0 spiro atoms. The lowest BCUT2D eigenvalue weighted by Crippen LogP contribution is -2.32. The molecule has 4 rings (SSSR count). The van der Waals surface area contributed by atoms with Crippen molar-refractivity contribution in [1.82, 2.24) is 4.98 Å². The van der Waals surface area contributed by atoms with E-state index in [4.69, 9.17) is 9.47 Å². The van der Waals surface area contributed by atoms with Crippen LogP contribution in [0.25, 0.3) is 0 Å². The van der Waals surface area contributed by atoms with E-state index in [0.29, 0.717) is 17.9 Å². The van der Waals surface area contributed by atoms with E-state index in [0.717, 1.165) is 22.9 Å². The van der Waals surface area contributed by atoms with Crippen LogP contribution in [0.4, 0.5) is 11.4 Å². The Morgan fingerprint density at radius 1 is 1.07 bits per heavy atom. The Balaban J connectivity index is 1.72. The summed E-state index contributed by atoms with van der Waals surface area (Å²) >= 11 is 0. The summed E-state index contributed by atoms with van der Waals surface area (Å²) in [5, 5.41) is 3.42. The summed E-state index contributed by atoms with van der Waals surface area (Å²) in [6.45, 7) is 2.53. The first-order valence-electron chi connectivity index (χ1n) is 9.13. The van der Waals surface area contributed by atoms with Gasteiger partial charge in [0.2, 0.25) is 0 Å². The zero-order valence-electron chi connectivity index (χ0n) is 15.8. The molecule has 0 aliphatic carbocycles. The summed E-state index contributed by atoms with van der Waals surface area (Å²) in [5.41, 5.74) is 2.90. The van der Waals surface area contributed by atoms with Crippen LogP contribution in [0.15, 0.2) is 66.9 Å². The lowest BCUT2D eigenvalue weighted by atomic mass is 10.2. The Labute approximate surface area is 163 Å². The number of nitrogens with zero attached hydrogens (tertiary/aromatic N) is 2. The van der Waals surface area contributed by atoms with Gasteiger partial charge in [0.1, 0.15) is 11.5 Å². The lowest BCUT2D eigenvalue weighted by Gasteiger charge is -2.27. The Bertz CT molecular complexity index is 988. The van der Waals surface area contributed by atoms with E-state index in [2.05, 4.69) is 10.3 Å².